The zero-order valence-corrected chi connectivity index (χ0v) is 14.3. The zero-order chi connectivity index (χ0) is 13.1. The summed E-state index contributed by atoms with van der Waals surface area (Å²) >= 11 is 2.15. The topological polar surface area (TPSA) is 27.7 Å². The van der Waals surface area contributed by atoms with Crippen LogP contribution in [0.2, 0.25) is 0 Å². The molecule has 0 saturated carbocycles. The highest BCUT2D eigenvalue weighted by molar-refractivity contribution is 14.2. The molecule has 1 saturated heterocycles. The molecule has 0 aliphatic carbocycles. The van der Waals surface area contributed by atoms with E-state index in [0.29, 0.717) is 0 Å². The van der Waals surface area contributed by atoms with Crippen LogP contribution in [0, 0.1) is 0 Å². The van der Waals surface area contributed by atoms with E-state index in [9.17, 15) is 0 Å². The van der Waals surface area contributed by atoms with Crippen LogP contribution in [0.5, 0.6) is 0 Å². The molecule has 2 unspecified atom stereocenters. The lowest BCUT2D eigenvalue weighted by atomic mass is 9.93. The first-order valence-electron chi connectivity index (χ1n) is 6.38. The van der Waals surface area contributed by atoms with E-state index in [1.807, 2.05) is 13.8 Å². The average Bonchev–Trinajstić information content (AvgIpc) is 2.40. The van der Waals surface area contributed by atoms with E-state index in [1.165, 1.54) is 9.21 Å². The van der Waals surface area contributed by atoms with Crippen LogP contribution in [0.15, 0.2) is 0 Å². The van der Waals surface area contributed by atoms with Gasteiger partial charge in [-0.1, -0.05) is 20.8 Å². The van der Waals surface area contributed by atoms with Gasteiger partial charge in [-0.3, -0.25) is 0 Å². The second kappa shape index (κ2) is 10.8. The molecular weight excluding hydrogens is 351 g/mol. The van der Waals surface area contributed by atoms with Crippen LogP contribution in [-0.4, -0.2) is 31.5 Å². The van der Waals surface area contributed by atoms with Gasteiger partial charge < -0.3 is 13.7 Å². The minimum absolute atomic E-state index is 0.0637. The quantitative estimate of drug-likeness (QED) is 0.508. The minimum Gasteiger partial charge on any atom is -0.376 e. The van der Waals surface area contributed by atoms with E-state index in [-0.39, 0.29) is 11.7 Å². The summed E-state index contributed by atoms with van der Waals surface area (Å²) in [5.41, 5.74) is -0.0637. The molecule has 2 atom stereocenters. The van der Waals surface area contributed by atoms with E-state index in [1.54, 1.807) is 0 Å². The summed E-state index contributed by atoms with van der Waals surface area (Å²) in [4.78, 5) is 0. The van der Waals surface area contributed by atoms with E-state index in [2.05, 4.69) is 35.1 Å². The molecule has 0 spiro atoms. The standard InChI is InChI=1S/C10H19IO3S.C2H6/c1-3-10(8-12-6-7-13-10)5-4-9(2)14-15-11;1-2/h9H,3-8H2,1-2H3;1-2H3. The number of ether oxygens (including phenoxy) is 2. The Bertz CT molecular complexity index is 175. The van der Waals surface area contributed by atoms with Crippen LogP contribution in [0.3, 0.4) is 0 Å². The predicted octanol–water partition coefficient (Wildman–Crippen LogP) is 4.39. The summed E-state index contributed by atoms with van der Waals surface area (Å²) in [6, 6.07) is 0. The van der Waals surface area contributed by atoms with Crippen molar-refractivity contribution >= 4 is 30.4 Å². The maximum Gasteiger partial charge on any atom is 0.0914 e. The third-order valence-corrected chi connectivity index (χ3v) is 3.88. The van der Waals surface area contributed by atoms with Crippen LogP contribution in [0.4, 0.5) is 0 Å². The zero-order valence-electron chi connectivity index (χ0n) is 11.3. The lowest BCUT2D eigenvalue weighted by Gasteiger charge is -2.36. The maximum absolute atomic E-state index is 5.85. The molecular formula is C12H25IO3S. The third-order valence-electron chi connectivity index (χ3n) is 2.85. The SMILES string of the molecule is CC.CCC1(CCC(C)OSI)COCCO1. The summed E-state index contributed by atoms with van der Waals surface area (Å²) in [7, 11) is 1.40. The number of halogens is 1. The Morgan fingerprint density at radius 1 is 1.41 bits per heavy atom. The van der Waals surface area contributed by atoms with Crippen LogP contribution in [-0.2, 0) is 13.7 Å². The fourth-order valence-electron chi connectivity index (χ4n) is 1.72. The second-order valence-corrected chi connectivity index (χ2v) is 5.34. The Morgan fingerprint density at radius 3 is 2.59 bits per heavy atom. The van der Waals surface area contributed by atoms with Crippen LogP contribution in [0.1, 0.15) is 47.0 Å². The molecule has 0 aromatic rings. The van der Waals surface area contributed by atoms with Crippen molar-refractivity contribution in [2.24, 2.45) is 0 Å². The predicted molar refractivity (Wildman–Crippen MR) is 82.5 cm³/mol. The molecule has 0 bridgehead atoms. The van der Waals surface area contributed by atoms with Gasteiger partial charge in [-0.25, -0.2) is 0 Å². The Balaban J connectivity index is 0.00000121. The monoisotopic (exact) mass is 376 g/mol. The van der Waals surface area contributed by atoms with Crippen molar-refractivity contribution in [1.29, 1.82) is 0 Å². The van der Waals surface area contributed by atoms with Gasteiger partial charge in [0.1, 0.15) is 0 Å². The fraction of sp³-hybridized carbons (Fsp3) is 1.00. The van der Waals surface area contributed by atoms with Crippen molar-refractivity contribution in [2.45, 2.75) is 58.7 Å². The minimum atomic E-state index is -0.0637. The van der Waals surface area contributed by atoms with Gasteiger partial charge in [0.05, 0.1) is 40.7 Å². The van der Waals surface area contributed by atoms with Gasteiger partial charge in [0.25, 0.3) is 0 Å². The smallest absolute Gasteiger partial charge is 0.0914 e. The van der Waals surface area contributed by atoms with Crippen molar-refractivity contribution in [3.63, 3.8) is 0 Å². The summed E-state index contributed by atoms with van der Waals surface area (Å²) in [5.74, 6) is 0. The first-order valence-corrected chi connectivity index (χ1v) is 9.66. The Labute approximate surface area is 122 Å². The molecule has 104 valence electrons. The number of rotatable bonds is 6. The molecule has 1 fully saturated rings. The van der Waals surface area contributed by atoms with Crippen LogP contribution in [0.25, 0.3) is 0 Å². The summed E-state index contributed by atoms with van der Waals surface area (Å²) in [6.45, 7) is 10.4. The Hall–Kier alpha value is 0.960. The van der Waals surface area contributed by atoms with Gasteiger partial charge in [0.2, 0.25) is 0 Å². The first-order chi connectivity index (χ1) is 8.22. The molecule has 17 heavy (non-hydrogen) atoms. The molecule has 1 rings (SSSR count). The van der Waals surface area contributed by atoms with Gasteiger partial charge in [-0.15, -0.1) is 0 Å². The van der Waals surface area contributed by atoms with E-state index >= 15 is 0 Å². The summed E-state index contributed by atoms with van der Waals surface area (Å²) in [5, 5.41) is 0. The van der Waals surface area contributed by atoms with E-state index in [4.69, 9.17) is 13.7 Å². The molecule has 0 radical (unpaired) electrons. The average molecular weight is 376 g/mol. The van der Waals surface area contributed by atoms with Gasteiger partial charge in [-0.05, 0) is 26.2 Å². The lowest BCUT2D eigenvalue weighted by molar-refractivity contribution is -0.163. The molecule has 1 aliphatic heterocycles. The van der Waals surface area contributed by atoms with E-state index in [0.717, 1.165) is 39.1 Å². The Morgan fingerprint density at radius 2 is 2.12 bits per heavy atom. The molecule has 3 nitrogen and oxygen atoms in total. The van der Waals surface area contributed by atoms with Crippen LogP contribution < -0.4 is 0 Å². The van der Waals surface area contributed by atoms with Crippen molar-refractivity contribution in [3.05, 3.63) is 0 Å². The molecule has 0 aromatic carbocycles. The number of hydrogen-bond acceptors (Lipinski definition) is 4. The molecule has 0 amide bonds. The first kappa shape index (κ1) is 18.0. The highest BCUT2D eigenvalue weighted by atomic mass is 127. The normalized spacial score (nSPS) is 25.9. The summed E-state index contributed by atoms with van der Waals surface area (Å²) < 4.78 is 16.8. The second-order valence-electron chi connectivity index (χ2n) is 3.95. The number of hydrogen-bond donors (Lipinski definition) is 0. The molecule has 0 aromatic heterocycles. The maximum atomic E-state index is 5.85. The van der Waals surface area contributed by atoms with Gasteiger partial charge in [0.15, 0.2) is 0 Å². The molecule has 5 heteroatoms. The lowest BCUT2D eigenvalue weighted by Crippen LogP contribution is -2.43. The van der Waals surface area contributed by atoms with Crippen molar-refractivity contribution in [2.75, 3.05) is 19.8 Å². The largest absolute Gasteiger partial charge is 0.376 e. The van der Waals surface area contributed by atoms with Gasteiger partial charge >= 0.3 is 0 Å². The Kier molecular flexibility index (Phi) is 11.5. The fourth-order valence-corrected chi connectivity index (χ4v) is 3.00. The molecule has 1 heterocycles. The highest BCUT2D eigenvalue weighted by Crippen LogP contribution is 2.28. The molecule has 1 aliphatic rings. The van der Waals surface area contributed by atoms with Gasteiger partial charge in [-0.2, -0.15) is 0 Å². The van der Waals surface area contributed by atoms with E-state index < -0.39 is 0 Å². The summed E-state index contributed by atoms with van der Waals surface area (Å²) in [6.07, 6.45) is 3.33. The van der Waals surface area contributed by atoms with Crippen molar-refractivity contribution < 1.29 is 13.7 Å². The molecule has 0 N–H and O–H groups in total. The van der Waals surface area contributed by atoms with Crippen molar-refractivity contribution in [1.82, 2.24) is 0 Å². The van der Waals surface area contributed by atoms with Crippen molar-refractivity contribution in [3.8, 4) is 0 Å². The van der Waals surface area contributed by atoms with Crippen LogP contribution >= 0.6 is 30.4 Å². The highest BCUT2D eigenvalue weighted by Gasteiger charge is 2.32. The third kappa shape index (κ3) is 7.20. The van der Waals surface area contributed by atoms with Gasteiger partial charge in [0, 0.05) is 21.2 Å².